The van der Waals surface area contributed by atoms with E-state index in [2.05, 4.69) is 20.3 Å². The van der Waals surface area contributed by atoms with Crippen LogP contribution in [0.25, 0.3) is 0 Å². The maximum atomic E-state index is 12.8. The van der Waals surface area contributed by atoms with Gasteiger partial charge in [0, 0.05) is 41.0 Å². The molecule has 10 heteroatoms. The molecule has 0 atom stereocenters. The van der Waals surface area contributed by atoms with Crippen LogP contribution in [0.4, 0.5) is 5.95 Å². The number of nitrogens with one attached hydrogen (secondary N) is 1. The van der Waals surface area contributed by atoms with Crippen molar-refractivity contribution in [1.82, 2.24) is 25.1 Å². The molecule has 2 saturated heterocycles. The lowest BCUT2D eigenvalue weighted by Crippen LogP contribution is -2.60. The zero-order valence-electron chi connectivity index (χ0n) is 23.2. The molecule has 3 heterocycles. The van der Waals surface area contributed by atoms with Crippen molar-refractivity contribution in [2.45, 2.75) is 115 Å². The molecule has 2 aliphatic heterocycles. The van der Waals surface area contributed by atoms with E-state index in [1.54, 1.807) is 0 Å². The Morgan fingerprint density at radius 1 is 0.730 bits per heavy atom. The fourth-order valence-corrected chi connectivity index (χ4v) is 6.05. The molecule has 2 fully saturated rings. The van der Waals surface area contributed by atoms with Crippen molar-refractivity contribution in [1.29, 1.82) is 0 Å². The van der Waals surface area contributed by atoms with Gasteiger partial charge in [0.1, 0.15) is 11.9 Å². The number of nitrogens with zero attached hydrogens (tertiary/aromatic N) is 5. The van der Waals surface area contributed by atoms with Crippen LogP contribution in [0.3, 0.4) is 0 Å². The first-order chi connectivity index (χ1) is 17.1. The average molecular weight is 513 g/mol. The molecule has 0 amide bonds. The van der Waals surface area contributed by atoms with Gasteiger partial charge in [0.25, 0.3) is 0 Å². The summed E-state index contributed by atoms with van der Waals surface area (Å²) in [5, 5.41) is 31.4. The number of rotatable bonds is 6. The summed E-state index contributed by atoms with van der Waals surface area (Å²) < 4.78 is 12.2. The summed E-state index contributed by atoms with van der Waals surface area (Å²) in [4.78, 5) is 13.5. The van der Waals surface area contributed by atoms with E-state index in [0.29, 0.717) is 37.4 Å². The van der Waals surface area contributed by atoms with E-state index in [0.717, 1.165) is 5.06 Å². The number of piperidine rings is 2. The largest absolute Gasteiger partial charge is 0.460 e. The van der Waals surface area contributed by atoms with Gasteiger partial charge in [0.15, 0.2) is 0 Å². The molecular formula is C27H40N6O4. The van der Waals surface area contributed by atoms with Crippen LogP contribution in [0.15, 0.2) is 30.3 Å². The molecule has 2 aliphatic rings. The van der Waals surface area contributed by atoms with E-state index in [1.165, 1.54) is 5.06 Å². The maximum Gasteiger partial charge on any atom is 0.330 e. The first-order valence-corrected chi connectivity index (χ1v) is 12.9. The number of hydrogen-bond acceptors (Lipinski definition) is 8. The maximum absolute atomic E-state index is 12.8. The Labute approximate surface area is 219 Å². The van der Waals surface area contributed by atoms with E-state index in [9.17, 15) is 10.4 Å². The topological polar surface area (TPSA) is 115 Å². The Bertz CT molecular complexity index is 993. The van der Waals surface area contributed by atoms with Crippen LogP contribution in [0.5, 0.6) is 17.8 Å². The van der Waals surface area contributed by atoms with Gasteiger partial charge in [0.2, 0.25) is 5.95 Å². The van der Waals surface area contributed by atoms with E-state index in [1.807, 2.05) is 85.7 Å². The molecule has 2 radical (unpaired) electrons. The first-order valence-electron chi connectivity index (χ1n) is 12.9. The Kier molecular flexibility index (Phi) is 7.17. The molecule has 1 aromatic carbocycles. The Morgan fingerprint density at radius 2 is 1.22 bits per heavy atom. The van der Waals surface area contributed by atoms with Gasteiger partial charge in [-0.25, -0.2) is 0 Å². The summed E-state index contributed by atoms with van der Waals surface area (Å²) >= 11 is 0. The highest BCUT2D eigenvalue weighted by Gasteiger charge is 2.48. The van der Waals surface area contributed by atoms with Crippen molar-refractivity contribution in [3.05, 3.63) is 30.3 Å². The lowest BCUT2D eigenvalue weighted by molar-refractivity contribution is -0.297. The van der Waals surface area contributed by atoms with Crippen LogP contribution >= 0.6 is 0 Å². The summed E-state index contributed by atoms with van der Waals surface area (Å²) in [6, 6.07) is 9.50. The number of para-hydroxylation sites is 1. The normalized spacial score (nSPS) is 23.9. The van der Waals surface area contributed by atoms with Gasteiger partial charge < -0.3 is 14.8 Å². The third-order valence-corrected chi connectivity index (χ3v) is 7.30. The summed E-state index contributed by atoms with van der Waals surface area (Å²) in [5.74, 6) is 0.918. The van der Waals surface area contributed by atoms with Crippen molar-refractivity contribution in [2.24, 2.45) is 0 Å². The highest BCUT2D eigenvalue weighted by atomic mass is 16.5. The van der Waals surface area contributed by atoms with Gasteiger partial charge in [-0.1, -0.05) is 18.2 Å². The second kappa shape index (κ2) is 9.65. The average Bonchev–Trinajstić information content (AvgIpc) is 2.75. The molecule has 4 rings (SSSR count). The van der Waals surface area contributed by atoms with Gasteiger partial charge in [-0.05, 0) is 80.4 Å². The Hall–Kier alpha value is -2.53. The van der Waals surface area contributed by atoms with Crippen LogP contribution in [0.2, 0.25) is 0 Å². The van der Waals surface area contributed by atoms with E-state index in [4.69, 9.17) is 9.47 Å². The van der Waals surface area contributed by atoms with Crippen LogP contribution in [0.1, 0.15) is 81.1 Å². The van der Waals surface area contributed by atoms with Gasteiger partial charge in [0.05, 0.1) is 0 Å². The second-order valence-corrected chi connectivity index (χ2v) is 12.9. The number of hydrogen-bond donors (Lipinski definition) is 1. The Balaban J connectivity index is 1.61. The predicted molar refractivity (Wildman–Crippen MR) is 138 cm³/mol. The minimum atomic E-state index is -0.590. The van der Waals surface area contributed by atoms with Crippen LogP contribution in [-0.4, -0.2) is 59.4 Å². The lowest BCUT2D eigenvalue weighted by Gasteiger charge is -2.50. The summed E-state index contributed by atoms with van der Waals surface area (Å²) in [5.41, 5.74) is -2.27. The molecular weight excluding hydrogens is 472 g/mol. The molecule has 2 aromatic rings. The molecule has 10 nitrogen and oxygen atoms in total. The van der Waals surface area contributed by atoms with Crippen molar-refractivity contribution in [3.63, 3.8) is 0 Å². The minimum absolute atomic E-state index is 0.0309. The van der Waals surface area contributed by atoms with Crippen LogP contribution in [0, 0.1) is 0 Å². The highest BCUT2D eigenvalue weighted by molar-refractivity contribution is 5.32. The van der Waals surface area contributed by atoms with E-state index >= 15 is 0 Å². The van der Waals surface area contributed by atoms with Crippen molar-refractivity contribution in [3.8, 4) is 17.8 Å². The fourth-order valence-electron chi connectivity index (χ4n) is 6.05. The highest BCUT2D eigenvalue weighted by Crippen LogP contribution is 2.40. The third-order valence-electron chi connectivity index (χ3n) is 7.30. The van der Waals surface area contributed by atoms with Crippen molar-refractivity contribution >= 4 is 5.95 Å². The summed E-state index contributed by atoms with van der Waals surface area (Å²) in [6.07, 6.45) is 2.07. The number of anilines is 1. The number of ether oxygens (including phenoxy) is 2. The minimum Gasteiger partial charge on any atom is -0.460 e. The molecule has 202 valence electrons. The number of hydroxylamine groups is 4. The molecule has 0 aliphatic carbocycles. The smallest absolute Gasteiger partial charge is 0.330 e. The van der Waals surface area contributed by atoms with Gasteiger partial charge >= 0.3 is 12.0 Å². The third kappa shape index (κ3) is 6.14. The van der Waals surface area contributed by atoms with Crippen LogP contribution in [-0.2, 0) is 10.4 Å². The molecule has 37 heavy (non-hydrogen) atoms. The zero-order chi connectivity index (χ0) is 27.2. The predicted octanol–water partition coefficient (Wildman–Crippen LogP) is 5.19. The zero-order valence-corrected chi connectivity index (χ0v) is 23.2. The molecule has 0 bridgehead atoms. The quantitative estimate of drug-likeness (QED) is 0.562. The second-order valence-electron chi connectivity index (χ2n) is 12.9. The molecule has 0 unspecified atom stereocenters. The van der Waals surface area contributed by atoms with Crippen LogP contribution < -0.4 is 14.8 Å². The lowest BCUT2D eigenvalue weighted by atomic mass is 9.79. The summed E-state index contributed by atoms with van der Waals surface area (Å²) in [7, 11) is 0. The first kappa shape index (κ1) is 27.5. The van der Waals surface area contributed by atoms with Gasteiger partial charge in [-0.3, -0.25) is 0 Å². The van der Waals surface area contributed by atoms with Gasteiger partial charge in [-0.15, -0.1) is 25.5 Å². The summed E-state index contributed by atoms with van der Waals surface area (Å²) in [6.45, 7) is 15.5. The van der Waals surface area contributed by atoms with E-state index in [-0.39, 0.29) is 24.2 Å². The number of aromatic nitrogens is 3. The fraction of sp³-hybridized carbons (Fsp3) is 0.667. The number of benzene rings is 1. The molecule has 1 aromatic heterocycles. The van der Waals surface area contributed by atoms with Gasteiger partial charge in [-0.2, -0.15) is 9.97 Å². The Morgan fingerprint density at radius 3 is 1.76 bits per heavy atom. The van der Waals surface area contributed by atoms with E-state index < -0.39 is 22.2 Å². The molecule has 0 saturated carbocycles. The van der Waals surface area contributed by atoms with Crippen molar-refractivity contribution < 1.29 is 19.9 Å². The molecule has 0 spiro atoms. The standard InChI is InChI=1S/C27H40N6O4/c1-24(2)14-18(15-25(3,4)32(24)34)28-21-29-22(36-19-12-10-9-11-13-19)31-23(30-21)37-20-16-26(5,6)33(35)27(7,8)17-20/h9-13,18,20H,14-17H2,1-8H3,(H,28,29,30,31). The monoisotopic (exact) mass is 512 g/mol. The van der Waals surface area contributed by atoms with Crippen molar-refractivity contribution in [2.75, 3.05) is 5.32 Å². The SMILES string of the molecule is CC1(C)CC(Nc2nc(Oc3ccccc3)nc(OC3CC(C)(C)N([O])C(C)(C)C3)n2)CC(C)(C)N1[O]. The molecule has 1 N–H and O–H groups in total.